The monoisotopic (exact) mass is 461 g/mol. The second-order valence-corrected chi connectivity index (χ2v) is 7.12. The zero-order valence-electron chi connectivity index (χ0n) is 18.8. The zero-order valence-corrected chi connectivity index (χ0v) is 18.8. The highest BCUT2D eigenvalue weighted by Gasteiger charge is 2.34. The van der Waals surface area contributed by atoms with E-state index >= 15 is 0 Å². The molecule has 0 fully saturated rings. The summed E-state index contributed by atoms with van der Waals surface area (Å²) in [5.74, 6) is -0.512. The standard InChI is InChI=1S/C24H31NO8/c1-4-23(29)25-19(13-26)15-32-21-9-5-17(6-10-21)24(30-2,31-3)18-7-11-22(12-8-18)33-16-20(28)14-27/h4-12,19-20,26-28H,1,13-16H2,2-3H3,(H,25,29). The molecule has 0 aliphatic carbocycles. The Bertz CT molecular complexity index is 865. The zero-order chi connectivity index (χ0) is 24.3. The summed E-state index contributed by atoms with van der Waals surface area (Å²) >= 11 is 0. The molecule has 2 aromatic carbocycles. The fraction of sp³-hybridized carbons (Fsp3) is 0.375. The van der Waals surface area contributed by atoms with E-state index in [0.29, 0.717) is 22.6 Å². The maximum Gasteiger partial charge on any atom is 0.243 e. The Labute approximate surface area is 193 Å². The van der Waals surface area contributed by atoms with Gasteiger partial charge in [0, 0.05) is 25.3 Å². The Kier molecular flexibility index (Phi) is 10.3. The van der Waals surface area contributed by atoms with Crippen molar-refractivity contribution in [2.45, 2.75) is 17.9 Å². The first-order valence-corrected chi connectivity index (χ1v) is 10.3. The molecule has 0 aromatic heterocycles. The number of carbonyl (C=O) groups is 1. The van der Waals surface area contributed by atoms with Crippen LogP contribution in [-0.2, 0) is 20.1 Å². The number of hydrogen-bond acceptors (Lipinski definition) is 8. The molecule has 9 nitrogen and oxygen atoms in total. The molecule has 4 N–H and O–H groups in total. The van der Waals surface area contributed by atoms with Gasteiger partial charge >= 0.3 is 0 Å². The highest BCUT2D eigenvalue weighted by Crippen LogP contribution is 2.35. The summed E-state index contributed by atoms with van der Waals surface area (Å²) in [4.78, 5) is 11.4. The third-order valence-corrected chi connectivity index (χ3v) is 4.90. The predicted molar refractivity (Wildman–Crippen MR) is 121 cm³/mol. The van der Waals surface area contributed by atoms with Crippen LogP contribution in [0.1, 0.15) is 11.1 Å². The van der Waals surface area contributed by atoms with Gasteiger partial charge in [-0.1, -0.05) is 6.58 Å². The number of methoxy groups -OCH3 is 2. The van der Waals surface area contributed by atoms with E-state index in [2.05, 4.69) is 11.9 Å². The lowest BCUT2D eigenvalue weighted by Crippen LogP contribution is -2.40. The fourth-order valence-electron chi connectivity index (χ4n) is 3.10. The van der Waals surface area contributed by atoms with Crippen LogP contribution in [0.4, 0.5) is 0 Å². The molecule has 1 amide bonds. The molecule has 2 atom stereocenters. The number of aliphatic hydroxyl groups excluding tert-OH is 3. The van der Waals surface area contributed by atoms with E-state index < -0.39 is 17.9 Å². The number of carbonyl (C=O) groups excluding carboxylic acids is 1. The molecule has 0 bridgehead atoms. The van der Waals surface area contributed by atoms with Crippen molar-refractivity contribution in [3.8, 4) is 11.5 Å². The van der Waals surface area contributed by atoms with Gasteiger partial charge in [0.05, 0.1) is 19.3 Å². The van der Waals surface area contributed by atoms with Gasteiger partial charge in [-0.05, 0) is 54.6 Å². The lowest BCUT2D eigenvalue weighted by Gasteiger charge is -2.32. The van der Waals surface area contributed by atoms with E-state index in [1.807, 2.05) is 0 Å². The molecule has 0 radical (unpaired) electrons. The first kappa shape index (κ1) is 26.3. The molecule has 2 rings (SSSR count). The minimum Gasteiger partial charge on any atom is -0.491 e. The van der Waals surface area contributed by atoms with E-state index in [4.69, 9.17) is 24.1 Å². The number of benzene rings is 2. The molecule has 2 unspecified atom stereocenters. The highest BCUT2D eigenvalue weighted by molar-refractivity contribution is 5.87. The minimum atomic E-state index is -1.19. The van der Waals surface area contributed by atoms with Crippen LogP contribution in [-0.4, -0.2) is 74.0 Å². The molecule has 0 spiro atoms. The summed E-state index contributed by atoms with van der Waals surface area (Å²) in [5.41, 5.74) is 1.42. The Morgan fingerprint density at radius 2 is 1.42 bits per heavy atom. The Balaban J connectivity index is 2.13. The van der Waals surface area contributed by atoms with Gasteiger partial charge in [-0.3, -0.25) is 4.79 Å². The topological polar surface area (TPSA) is 127 Å². The Morgan fingerprint density at radius 3 is 1.82 bits per heavy atom. The smallest absolute Gasteiger partial charge is 0.243 e. The second kappa shape index (κ2) is 12.9. The first-order chi connectivity index (χ1) is 15.9. The average molecular weight is 462 g/mol. The molecule has 180 valence electrons. The number of rotatable bonds is 14. The molecular weight excluding hydrogens is 430 g/mol. The molecule has 9 heteroatoms. The predicted octanol–water partition coefficient (Wildman–Crippen LogP) is 0.954. The minimum absolute atomic E-state index is 0.0224. The summed E-state index contributed by atoms with van der Waals surface area (Å²) in [6.07, 6.45) is 0.178. The van der Waals surface area contributed by atoms with Gasteiger partial charge in [0.15, 0.2) is 0 Å². The van der Waals surface area contributed by atoms with Crippen LogP contribution >= 0.6 is 0 Å². The average Bonchev–Trinajstić information content (AvgIpc) is 2.87. The van der Waals surface area contributed by atoms with Crippen molar-refractivity contribution in [2.24, 2.45) is 0 Å². The molecular formula is C24H31NO8. The fourth-order valence-corrected chi connectivity index (χ4v) is 3.10. The normalized spacial score (nSPS) is 13.1. The Morgan fingerprint density at radius 1 is 0.939 bits per heavy atom. The summed E-state index contributed by atoms with van der Waals surface area (Å²) in [6.45, 7) is 2.79. The van der Waals surface area contributed by atoms with Crippen LogP contribution in [0, 0.1) is 0 Å². The quantitative estimate of drug-likeness (QED) is 0.242. The van der Waals surface area contributed by atoms with Crippen molar-refractivity contribution in [3.63, 3.8) is 0 Å². The van der Waals surface area contributed by atoms with Crippen molar-refractivity contribution in [3.05, 3.63) is 72.3 Å². The lowest BCUT2D eigenvalue weighted by molar-refractivity contribution is -0.183. The van der Waals surface area contributed by atoms with Crippen LogP contribution < -0.4 is 14.8 Å². The molecule has 0 aliphatic heterocycles. The van der Waals surface area contributed by atoms with Gasteiger partial charge in [0.25, 0.3) is 0 Å². The van der Waals surface area contributed by atoms with Crippen LogP contribution in [0.25, 0.3) is 0 Å². The van der Waals surface area contributed by atoms with Crippen molar-refractivity contribution < 1.29 is 39.1 Å². The Hall–Kier alpha value is -2.95. The highest BCUT2D eigenvalue weighted by atomic mass is 16.7. The molecule has 0 saturated carbocycles. The van der Waals surface area contributed by atoms with E-state index in [1.165, 1.54) is 14.2 Å². The largest absolute Gasteiger partial charge is 0.491 e. The maximum absolute atomic E-state index is 11.4. The van der Waals surface area contributed by atoms with E-state index in [9.17, 15) is 15.0 Å². The summed E-state index contributed by atoms with van der Waals surface area (Å²) in [5, 5.41) is 30.3. The number of amides is 1. The van der Waals surface area contributed by atoms with Crippen LogP contribution in [0.15, 0.2) is 61.2 Å². The number of ether oxygens (including phenoxy) is 4. The lowest BCUT2D eigenvalue weighted by atomic mass is 9.96. The van der Waals surface area contributed by atoms with Gasteiger partial charge in [-0.25, -0.2) is 0 Å². The van der Waals surface area contributed by atoms with Crippen LogP contribution in [0.2, 0.25) is 0 Å². The third-order valence-electron chi connectivity index (χ3n) is 4.90. The van der Waals surface area contributed by atoms with Crippen molar-refractivity contribution >= 4 is 5.91 Å². The molecule has 33 heavy (non-hydrogen) atoms. The molecule has 0 aliphatic rings. The number of hydrogen-bond donors (Lipinski definition) is 4. The summed E-state index contributed by atoms with van der Waals surface area (Å²) in [7, 11) is 3.06. The van der Waals surface area contributed by atoms with E-state index in [-0.39, 0.29) is 32.3 Å². The van der Waals surface area contributed by atoms with E-state index in [0.717, 1.165) is 6.08 Å². The second-order valence-electron chi connectivity index (χ2n) is 7.12. The van der Waals surface area contributed by atoms with Crippen molar-refractivity contribution in [1.29, 1.82) is 0 Å². The first-order valence-electron chi connectivity index (χ1n) is 10.3. The van der Waals surface area contributed by atoms with Gasteiger partial charge < -0.3 is 39.6 Å². The summed E-state index contributed by atoms with van der Waals surface area (Å²) < 4.78 is 22.6. The maximum atomic E-state index is 11.4. The van der Waals surface area contributed by atoms with Gasteiger partial charge in [-0.15, -0.1) is 0 Å². The summed E-state index contributed by atoms with van der Waals surface area (Å²) in [6, 6.07) is 13.5. The molecule has 2 aromatic rings. The van der Waals surface area contributed by atoms with Crippen molar-refractivity contribution in [1.82, 2.24) is 5.32 Å². The third kappa shape index (κ3) is 7.01. The molecule has 0 heterocycles. The molecule has 0 saturated heterocycles. The van der Waals surface area contributed by atoms with Gasteiger partial charge in [0.2, 0.25) is 11.7 Å². The van der Waals surface area contributed by atoms with Crippen molar-refractivity contribution in [2.75, 3.05) is 40.6 Å². The SMILES string of the molecule is C=CC(=O)NC(CO)COc1ccc(C(OC)(OC)c2ccc(OCC(O)CO)cc2)cc1. The van der Waals surface area contributed by atoms with E-state index in [1.54, 1.807) is 48.5 Å². The number of aliphatic hydroxyl groups is 3. The van der Waals surface area contributed by atoms with Gasteiger partial charge in [-0.2, -0.15) is 0 Å². The van der Waals surface area contributed by atoms with Crippen LogP contribution in [0.5, 0.6) is 11.5 Å². The van der Waals surface area contributed by atoms with Gasteiger partial charge in [0.1, 0.15) is 30.8 Å². The number of nitrogens with one attached hydrogen (secondary N) is 1. The van der Waals surface area contributed by atoms with Crippen LogP contribution in [0.3, 0.4) is 0 Å².